The number of pyridine rings is 1. The highest BCUT2D eigenvalue weighted by Crippen LogP contribution is 2.48. The van der Waals surface area contributed by atoms with Crippen molar-refractivity contribution in [1.82, 2.24) is 4.98 Å². The molecule has 4 nitrogen and oxygen atoms in total. The molecule has 154 valence electrons. The van der Waals surface area contributed by atoms with Crippen LogP contribution in [0.25, 0.3) is 0 Å². The van der Waals surface area contributed by atoms with Gasteiger partial charge in [0.15, 0.2) is 5.78 Å². The third kappa shape index (κ3) is 4.12. The molecular formula is C25H32N2O2. The molecule has 1 aromatic rings. The zero-order valence-corrected chi connectivity index (χ0v) is 17.9. The summed E-state index contributed by atoms with van der Waals surface area (Å²) in [7, 11) is 0. The molecule has 1 fully saturated rings. The molecule has 2 unspecified atom stereocenters. The first-order valence-corrected chi connectivity index (χ1v) is 11.1. The van der Waals surface area contributed by atoms with Crippen LogP contribution in [-0.2, 0) is 9.59 Å². The molecule has 2 aliphatic carbocycles. The molecule has 3 aliphatic rings. The number of nitrogens with zero attached hydrogens (tertiary/aromatic N) is 2. The highest BCUT2D eigenvalue weighted by atomic mass is 16.1. The second kappa shape index (κ2) is 7.97. The average molecular weight is 393 g/mol. The van der Waals surface area contributed by atoms with E-state index in [0.29, 0.717) is 18.8 Å². The maximum Gasteiger partial charge on any atom is 0.161 e. The monoisotopic (exact) mass is 392 g/mol. The van der Waals surface area contributed by atoms with Crippen molar-refractivity contribution in [2.24, 2.45) is 22.2 Å². The molecule has 1 saturated carbocycles. The smallest absolute Gasteiger partial charge is 0.161 e. The number of aromatic nitrogens is 1. The van der Waals surface area contributed by atoms with Gasteiger partial charge in [0.1, 0.15) is 5.78 Å². The van der Waals surface area contributed by atoms with E-state index in [2.05, 4.69) is 18.8 Å². The molecule has 0 saturated heterocycles. The van der Waals surface area contributed by atoms with Crippen molar-refractivity contribution in [3.63, 3.8) is 0 Å². The van der Waals surface area contributed by atoms with Crippen molar-refractivity contribution in [3.8, 4) is 0 Å². The molecule has 0 aromatic carbocycles. The Bertz CT molecular complexity index is 860. The predicted octanol–water partition coefficient (Wildman–Crippen LogP) is 5.44. The summed E-state index contributed by atoms with van der Waals surface area (Å²) in [6.45, 7) is 6.23. The van der Waals surface area contributed by atoms with Gasteiger partial charge in [0.25, 0.3) is 0 Å². The van der Waals surface area contributed by atoms with E-state index in [1.54, 1.807) is 12.4 Å². The molecule has 2 heterocycles. The van der Waals surface area contributed by atoms with Crippen LogP contribution in [0.1, 0.15) is 83.6 Å². The lowest BCUT2D eigenvalue weighted by molar-refractivity contribution is -0.122. The SMILES string of the molecule is CC1=NC2=C(C(=O)CC(C)(C)C2)C(c2ccncc2)C1C(=O)CC1CCCCC1. The summed E-state index contributed by atoms with van der Waals surface area (Å²) in [5.74, 6) is 0.348. The van der Waals surface area contributed by atoms with Crippen molar-refractivity contribution in [1.29, 1.82) is 0 Å². The van der Waals surface area contributed by atoms with Crippen LogP contribution < -0.4 is 0 Å². The third-order valence-corrected chi connectivity index (χ3v) is 6.93. The van der Waals surface area contributed by atoms with E-state index in [1.165, 1.54) is 19.3 Å². The standard InChI is InChI=1S/C25H32N2O2/c1-16-22(20(28)13-17-7-5-4-6-8-17)23(18-9-11-26-12-10-18)24-19(27-16)14-25(2,3)15-21(24)29/h9-12,17,22-23H,4-8,13-15H2,1-3H3. The second-order valence-electron chi connectivity index (χ2n) is 9.96. The van der Waals surface area contributed by atoms with E-state index in [4.69, 9.17) is 4.99 Å². The summed E-state index contributed by atoms with van der Waals surface area (Å²) in [4.78, 5) is 35.8. The third-order valence-electron chi connectivity index (χ3n) is 6.93. The topological polar surface area (TPSA) is 59.4 Å². The summed E-state index contributed by atoms with van der Waals surface area (Å²) in [6.07, 6.45) is 11.5. The number of aliphatic imine (C=N–C) groups is 1. The van der Waals surface area contributed by atoms with Crippen molar-refractivity contribution in [2.45, 2.75) is 78.1 Å². The summed E-state index contributed by atoms with van der Waals surface area (Å²) >= 11 is 0. The van der Waals surface area contributed by atoms with E-state index < -0.39 is 0 Å². The lowest BCUT2D eigenvalue weighted by Crippen LogP contribution is -2.39. The predicted molar refractivity (Wildman–Crippen MR) is 115 cm³/mol. The first-order valence-electron chi connectivity index (χ1n) is 11.1. The fraction of sp³-hybridized carbons (Fsp3) is 0.600. The lowest BCUT2D eigenvalue weighted by atomic mass is 9.65. The largest absolute Gasteiger partial charge is 0.299 e. The van der Waals surface area contributed by atoms with Crippen LogP contribution in [0, 0.1) is 17.3 Å². The molecule has 0 amide bonds. The normalized spacial score (nSPS) is 27.4. The van der Waals surface area contributed by atoms with Gasteiger partial charge in [-0.3, -0.25) is 19.6 Å². The number of carbonyl (C=O) groups excluding carboxylic acids is 2. The summed E-state index contributed by atoms with van der Waals surface area (Å²) in [5.41, 5.74) is 3.48. The molecular weight excluding hydrogens is 360 g/mol. The molecule has 0 bridgehead atoms. The number of ketones is 2. The van der Waals surface area contributed by atoms with Gasteiger partial charge in [-0.25, -0.2) is 0 Å². The lowest BCUT2D eigenvalue weighted by Gasteiger charge is -2.39. The zero-order valence-electron chi connectivity index (χ0n) is 17.9. The number of Topliss-reactive ketones (excluding diaryl/α,β-unsaturated/α-hetero) is 2. The van der Waals surface area contributed by atoms with Crippen LogP contribution in [0.2, 0.25) is 0 Å². The maximum absolute atomic E-state index is 13.5. The Balaban J connectivity index is 1.73. The van der Waals surface area contributed by atoms with Crippen molar-refractivity contribution in [2.75, 3.05) is 0 Å². The van der Waals surface area contributed by atoms with Crippen LogP contribution in [0.5, 0.6) is 0 Å². The minimum absolute atomic E-state index is 0.0819. The molecule has 1 aromatic heterocycles. The second-order valence-corrected chi connectivity index (χ2v) is 9.96. The van der Waals surface area contributed by atoms with Crippen molar-refractivity contribution >= 4 is 17.3 Å². The fourth-order valence-corrected chi connectivity index (χ4v) is 5.60. The Labute approximate surface area is 173 Å². The van der Waals surface area contributed by atoms with Gasteiger partial charge < -0.3 is 0 Å². The number of carbonyl (C=O) groups is 2. The van der Waals surface area contributed by atoms with Gasteiger partial charge in [0.2, 0.25) is 0 Å². The number of hydrogen-bond donors (Lipinski definition) is 0. The van der Waals surface area contributed by atoms with E-state index >= 15 is 0 Å². The van der Waals surface area contributed by atoms with Crippen LogP contribution in [0.4, 0.5) is 0 Å². The summed E-state index contributed by atoms with van der Waals surface area (Å²) < 4.78 is 0. The Morgan fingerprint density at radius 2 is 1.79 bits per heavy atom. The average Bonchev–Trinajstić information content (AvgIpc) is 2.67. The van der Waals surface area contributed by atoms with Gasteiger partial charge in [-0.1, -0.05) is 46.0 Å². The van der Waals surface area contributed by atoms with Crippen molar-refractivity contribution < 1.29 is 9.59 Å². The molecule has 29 heavy (non-hydrogen) atoms. The Morgan fingerprint density at radius 3 is 2.48 bits per heavy atom. The zero-order chi connectivity index (χ0) is 20.6. The molecule has 4 rings (SSSR count). The Hall–Kier alpha value is -2.10. The number of rotatable bonds is 4. The van der Waals surface area contributed by atoms with Crippen LogP contribution in [-0.4, -0.2) is 22.3 Å². The van der Waals surface area contributed by atoms with Crippen LogP contribution in [0.15, 0.2) is 40.8 Å². The maximum atomic E-state index is 13.5. The number of hydrogen-bond acceptors (Lipinski definition) is 4. The molecule has 0 radical (unpaired) electrons. The minimum atomic E-state index is -0.330. The fourth-order valence-electron chi connectivity index (χ4n) is 5.60. The van der Waals surface area contributed by atoms with E-state index in [1.807, 2.05) is 19.1 Å². The minimum Gasteiger partial charge on any atom is -0.299 e. The van der Waals surface area contributed by atoms with E-state index in [-0.39, 0.29) is 28.8 Å². The highest BCUT2D eigenvalue weighted by Gasteiger charge is 2.45. The van der Waals surface area contributed by atoms with E-state index in [0.717, 1.165) is 41.8 Å². The Morgan fingerprint density at radius 1 is 1.10 bits per heavy atom. The van der Waals surface area contributed by atoms with Crippen LogP contribution >= 0.6 is 0 Å². The molecule has 0 spiro atoms. The molecule has 1 aliphatic heterocycles. The highest BCUT2D eigenvalue weighted by molar-refractivity contribution is 6.10. The first-order chi connectivity index (χ1) is 13.9. The van der Waals surface area contributed by atoms with Gasteiger partial charge in [-0.05, 0) is 42.4 Å². The summed E-state index contributed by atoms with van der Waals surface area (Å²) in [6, 6.07) is 3.92. The van der Waals surface area contributed by atoms with Gasteiger partial charge in [0.05, 0.1) is 5.92 Å². The van der Waals surface area contributed by atoms with Crippen molar-refractivity contribution in [3.05, 3.63) is 41.4 Å². The molecule has 0 N–H and O–H groups in total. The number of allylic oxidation sites excluding steroid dienone is 2. The Kier molecular flexibility index (Phi) is 5.54. The van der Waals surface area contributed by atoms with Gasteiger partial charge in [-0.2, -0.15) is 0 Å². The first kappa shape index (κ1) is 20.2. The molecule has 4 heteroatoms. The molecule has 2 atom stereocenters. The quantitative estimate of drug-likeness (QED) is 0.685. The van der Waals surface area contributed by atoms with Crippen LogP contribution in [0.3, 0.4) is 0 Å². The van der Waals surface area contributed by atoms with Gasteiger partial charge in [0, 0.05) is 48.1 Å². The summed E-state index contributed by atoms with van der Waals surface area (Å²) in [5, 5.41) is 0. The van der Waals surface area contributed by atoms with Gasteiger partial charge in [-0.15, -0.1) is 0 Å². The van der Waals surface area contributed by atoms with E-state index in [9.17, 15) is 9.59 Å². The van der Waals surface area contributed by atoms with Gasteiger partial charge >= 0.3 is 0 Å².